The van der Waals surface area contributed by atoms with Crippen LogP contribution in [0, 0.1) is 6.92 Å². The molecule has 2 saturated heterocycles. The second-order valence-corrected chi connectivity index (χ2v) is 9.92. The van der Waals surface area contributed by atoms with Gasteiger partial charge in [0.15, 0.2) is 0 Å². The highest BCUT2D eigenvalue weighted by molar-refractivity contribution is 5.88. The highest BCUT2D eigenvalue weighted by atomic mass is 16.5. The third-order valence-corrected chi connectivity index (χ3v) is 7.61. The van der Waals surface area contributed by atoms with Crippen LogP contribution in [0.2, 0.25) is 0 Å². The Balaban J connectivity index is 1.16. The number of aryl methyl sites for hydroxylation is 1. The van der Waals surface area contributed by atoms with Crippen molar-refractivity contribution in [3.63, 3.8) is 0 Å². The van der Waals surface area contributed by atoms with Gasteiger partial charge in [-0.15, -0.1) is 0 Å². The van der Waals surface area contributed by atoms with Gasteiger partial charge in [-0.25, -0.2) is 14.8 Å². The third-order valence-electron chi connectivity index (χ3n) is 7.61. The van der Waals surface area contributed by atoms with Gasteiger partial charge in [0.05, 0.1) is 25.4 Å². The number of hydrogen-bond donors (Lipinski definition) is 0. The van der Waals surface area contributed by atoms with Gasteiger partial charge in [-0.3, -0.25) is 0 Å². The summed E-state index contributed by atoms with van der Waals surface area (Å²) < 4.78 is 17.2. The minimum absolute atomic E-state index is 0.171. The van der Waals surface area contributed by atoms with E-state index in [1.165, 1.54) is 12.7 Å². The topological polar surface area (TPSA) is 90.6 Å². The third kappa shape index (κ3) is 4.20. The molecule has 2 aliphatic heterocycles. The van der Waals surface area contributed by atoms with E-state index in [1.807, 2.05) is 12.1 Å². The van der Waals surface area contributed by atoms with Gasteiger partial charge >= 0.3 is 5.97 Å². The SMILES string of the molecule is COC(=O)c1cnc(N2C3CC[C@H]2C[C@H](OCc2c(-c4ccccc4C)noc2C2CC2)C3)nc1. The molecule has 1 saturated carbocycles. The number of esters is 1. The van der Waals surface area contributed by atoms with Gasteiger partial charge in [0.25, 0.3) is 0 Å². The Labute approximate surface area is 204 Å². The minimum Gasteiger partial charge on any atom is -0.465 e. The van der Waals surface area contributed by atoms with Gasteiger partial charge < -0.3 is 18.9 Å². The van der Waals surface area contributed by atoms with Gasteiger partial charge in [-0.05, 0) is 51.0 Å². The number of carbonyl (C=O) groups is 1. The van der Waals surface area contributed by atoms with Crippen LogP contribution in [0.5, 0.6) is 0 Å². The van der Waals surface area contributed by atoms with E-state index < -0.39 is 5.97 Å². The second-order valence-electron chi connectivity index (χ2n) is 9.92. The molecule has 2 bridgehead atoms. The Bertz CT molecular complexity index is 1210. The molecule has 1 aromatic carbocycles. The smallest absolute Gasteiger partial charge is 0.341 e. The van der Waals surface area contributed by atoms with Crippen LogP contribution >= 0.6 is 0 Å². The summed E-state index contributed by atoms with van der Waals surface area (Å²) in [7, 11) is 1.36. The van der Waals surface area contributed by atoms with E-state index in [-0.39, 0.29) is 6.10 Å². The molecule has 3 fully saturated rings. The van der Waals surface area contributed by atoms with Crippen molar-refractivity contribution in [2.45, 2.75) is 76.2 Å². The number of fused-ring (bicyclic) bond motifs is 2. The van der Waals surface area contributed by atoms with Gasteiger partial charge in [-0.2, -0.15) is 0 Å². The van der Waals surface area contributed by atoms with Gasteiger partial charge in [-0.1, -0.05) is 29.4 Å². The molecule has 6 rings (SSSR count). The molecule has 8 nitrogen and oxygen atoms in total. The van der Waals surface area contributed by atoms with Crippen LogP contribution in [0.1, 0.15) is 71.7 Å². The first kappa shape index (κ1) is 22.2. The summed E-state index contributed by atoms with van der Waals surface area (Å²) in [5.41, 5.74) is 4.70. The first-order chi connectivity index (χ1) is 17.1. The normalized spacial score (nSPS) is 23.5. The standard InChI is InChI=1S/C27H30N4O4/c1-16-5-3-4-6-22(16)24-23(25(35-30-24)17-7-8-17)15-34-21-11-19-9-10-20(12-21)31(19)27-28-13-18(14-29-27)26(32)33-2/h3-6,13-14,17,19-21H,7-12,15H2,1-2H3/t19-,20?,21-/m0/s1. The van der Waals surface area contributed by atoms with E-state index in [0.717, 1.165) is 61.1 Å². The lowest BCUT2D eigenvalue weighted by Gasteiger charge is -2.38. The van der Waals surface area contributed by atoms with E-state index in [1.54, 1.807) is 12.4 Å². The number of rotatable bonds is 7. The number of carbonyl (C=O) groups excluding carboxylic acids is 1. The molecule has 3 aromatic rings. The number of aromatic nitrogens is 3. The molecular weight excluding hydrogens is 444 g/mol. The lowest BCUT2D eigenvalue weighted by Crippen LogP contribution is -2.46. The van der Waals surface area contributed by atoms with Crippen LogP contribution < -0.4 is 4.90 Å². The maximum atomic E-state index is 11.7. The second kappa shape index (κ2) is 9.07. The Morgan fingerprint density at radius 3 is 2.46 bits per heavy atom. The maximum Gasteiger partial charge on any atom is 0.341 e. The first-order valence-corrected chi connectivity index (χ1v) is 12.5. The van der Waals surface area contributed by atoms with Gasteiger partial charge in [0, 0.05) is 41.5 Å². The van der Waals surface area contributed by atoms with Crippen LogP contribution in [-0.2, 0) is 16.1 Å². The van der Waals surface area contributed by atoms with E-state index in [4.69, 9.17) is 14.0 Å². The average molecular weight is 475 g/mol. The molecule has 0 N–H and O–H groups in total. The Morgan fingerprint density at radius 2 is 1.80 bits per heavy atom. The lowest BCUT2D eigenvalue weighted by atomic mass is 9.99. The molecule has 0 radical (unpaired) electrons. The van der Waals surface area contributed by atoms with Crippen molar-refractivity contribution in [1.82, 2.24) is 15.1 Å². The highest BCUT2D eigenvalue weighted by Crippen LogP contribution is 2.45. The zero-order chi connectivity index (χ0) is 23.9. The predicted octanol–water partition coefficient (Wildman–Crippen LogP) is 4.82. The molecule has 0 spiro atoms. The van der Waals surface area contributed by atoms with Crippen molar-refractivity contribution in [3.05, 3.63) is 59.1 Å². The van der Waals surface area contributed by atoms with E-state index in [0.29, 0.717) is 36.1 Å². The number of ether oxygens (including phenoxy) is 2. The molecule has 1 aliphatic carbocycles. The van der Waals surface area contributed by atoms with Crippen molar-refractivity contribution >= 4 is 11.9 Å². The molecule has 35 heavy (non-hydrogen) atoms. The number of methoxy groups -OCH3 is 1. The Morgan fingerprint density at radius 1 is 1.09 bits per heavy atom. The summed E-state index contributed by atoms with van der Waals surface area (Å²) in [6, 6.07) is 8.99. The Kier molecular flexibility index (Phi) is 5.76. The molecule has 2 aromatic heterocycles. The number of benzene rings is 1. The van der Waals surface area contributed by atoms with Crippen molar-refractivity contribution in [1.29, 1.82) is 0 Å². The molecule has 8 heteroatoms. The van der Waals surface area contributed by atoms with Crippen LogP contribution in [0.25, 0.3) is 11.3 Å². The predicted molar refractivity (Wildman–Crippen MR) is 129 cm³/mol. The first-order valence-electron chi connectivity index (χ1n) is 12.5. The lowest BCUT2D eigenvalue weighted by molar-refractivity contribution is 0.0144. The Hall–Kier alpha value is -3.26. The monoisotopic (exact) mass is 474 g/mol. The fourth-order valence-corrected chi connectivity index (χ4v) is 5.65. The molecular formula is C27H30N4O4. The molecule has 1 unspecified atom stereocenters. The summed E-state index contributed by atoms with van der Waals surface area (Å²) in [6.07, 6.45) is 9.65. The number of hydrogen-bond acceptors (Lipinski definition) is 8. The van der Waals surface area contributed by atoms with Crippen LogP contribution in [0.3, 0.4) is 0 Å². The molecule has 3 atom stereocenters. The van der Waals surface area contributed by atoms with E-state index in [9.17, 15) is 4.79 Å². The van der Waals surface area contributed by atoms with E-state index >= 15 is 0 Å². The van der Waals surface area contributed by atoms with Crippen LogP contribution in [0.15, 0.2) is 41.2 Å². The highest BCUT2D eigenvalue weighted by Gasteiger charge is 2.43. The maximum absolute atomic E-state index is 11.7. The zero-order valence-electron chi connectivity index (χ0n) is 20.1. The molecule has 4 heterocycles. The van der Waals surface area contributed by atoms with Crippen LogP contribution in [0.4, 0.5) is 5.95 Å². The summed E-state index contributed by atoms with van der Waals surface area (Å²) in [5.74, 6) is 1.74. The van der Waals surface area contributed by atoms with E-state index in [2.05, 4.69) is 39.1 Å². The van der Waals surface area contributed by atoms with Crippen molar-refractivity contribution < 1.29 is 18.8 Å². The number of nitrogens with zero attached hydrogens (tertiary/aromatic N) is 4. The summed E-state index contributed by atoms with van der Waals surface area (Å²) in [5, 5.41) is 4.48. The average Bonchev–Trinajstić information content (AvgIpc) is 3.59. The molecule has 3 aliphatic rings. The fraction of sp³-hybridized carbons (Fsp3) is 0.481. The summed E-state index contributed by atoms with van der Waals surface area (Å²) in [6.45, 7) is 2.63. The van der Waals surface area contributed by atoms with Gasteiger partial charge in [0.2, 0.25) is 5.95 Å². The van der Waals surface area contributed by atoms with Crippen molar-refractivity contribution in [2.24, 2.45) is 0 Å². The van der Waals surface area contributed by atoms with Crippen molar-refractivity contribution in [3.8, 4) is 11.3 Å². The summed E-state index contributed by atoms with van der Waals surface area (Å²) in [4.78, 5) is 23.0. The number of piperidine rings is 1. The van der Waals surface area contributed by atoms with Crippen molar-refractivity contribution in [2.75, 3.05) is 12.0 Å². The number of anilines is 1. The van der Waals surface area contributed by atoms with Gasteiger partial charge in [0.1, 0.15) is 11.5 Å². The molecule has 182 valence electrons. The minimum atomic E-state index is -0.420. The zero-order valence-corrected chi connectivity index (χ0v) is 20.1. The quantitative estimate of drug-likeness (QED) is 0.450. The molecule has 0 amide bonds. The fourth-order valence-electron chi connectivity index (χ4n) is 5.65. The summed E-state index contributed by atoms with van der Waals surface area (Å²) >= 11 is 0. The van der Waals surface area contributed by atoms with Crippen LogP contribution in [-0.4, -0.2) is 46.4 Å². The largest absolute Gasteiger partial charge is 0.465 e.